The highest BCUT2D eigenvalue weighted by Gasteiger charge is 2.18. The van der Waals surface area contributed by atoms with Gasteiger partial charge in [0.1, 0.15) is 0 Å². The first-order chi connectivity index (χ1) is 33.0. The Morgan fingerprint density at radius 1 is 0.403 bits per heavy atom. The van der Waals surface area contributed by atoms with E-state index in [9.17, 15) is 4.79 Å². The van der Waals surface area contributed by atoms with E-state index in [2.05, 4.69) is 79.3 Å². The molecular weight excluding hydrogens is 821 g/mol. The molecule has 6 heteroatoms. The Morgan fingerprint density at radius 2 is 0.716 bits per heavy atom. The number of carbonyl (C=O) groups excluding carboxylic acids is 1. The highest BCUT2D eigenvalue weighted by Crippen LogP contribution is 2.33. The SMILES string of the molecule is CCCCCCCCCCCc1c2nc(c(CCCCCCCCCCC)c3ccc([nH]3)c(-c3ccc(C(=O)OC)cc3)c3ccc([nH]3)c(CCCCCCCCCCC)c3nc1C=C3)C=C2. The Morgan fingerprint density at radius 3 is 1.07 bits per heavy atom. The van der Waals surface area contributed by atoms with Crippen LogP contribution in [-0.2, 0) is 24.0 Å². The minimum Gasteiger partial charge on any atom is -0.465 e. The fourth-order valence-corrected chi connectivity index (χ4v) is 10.2. The summed E-state index contributed by atoms with van der Waals surface area (Å²) in [6.07, 6.45) is 47.1. The molecule has 0 atom stereocenters. The summed E-state index contributed by atoms with van der Waals surface area (Å²) in [5.41, 5.74) is 15.0. The van der Waals surface area contributed by atoms with Crippen molar-refractivity contribution < 1.29 is 9.53 Å². The van der Waals surface area contributed by atoms with Gasteiger partial charge >= 0.3 is 5.97 Å². The number of benzene rings is 1. The van der Waals surface area contributed by atoms with Crippen LogP contribution in [0.3, 0.4) is 0 Å². The van der Waals surface area contributed by atoms with E-state index in [0.717, 1.165) is 94.5 Å². The lowest BCUT2D eigenvalue weighted by Crippen LogP contribution is -2.00. The quantitative estimate of drug-likeness (QED) is 0.0326. The zero-order valence-corrected chi connectivity index (χ0v) is 42.4. The predicted molar refractivity (Wildman–Crippen MR) is 288 cm³/mol. The summed E-state index contributed by atoms with van der Waals surface area (Å²) >= 11 is 0. The maximum absolute atomic E-state index is 12.5. The van der Waals surface area contributed by atoms with Crippen molar-refractivity contribution in [3.8, 4) is 11.1 Å². The van der Waals surface area contributed by atoms with Crippen LogP contribution < -0.4 is 0 Å². The molecule has 0 saturated heterocycles. The van der Waals surface area contributed by atoms with Gasteiger partial charge in [0.15, 0.2) is 0 Å². The number of fused-ring (bicyclic) bond motifs is 8. The fraction of sp³-hybridized carbons (Fsp3) is 0.557. The molecule has 1 aromatic carbocycles. The van der Waals surface area contributed by atoms with E-state index in [1.165, 1.54) is 178 Å². The van der Waals surface area contributed by atoms with Gasteiger partial charge in [0, 0.05) is 44.3 Å². The third-order valence-corrected chi connectivity index (χ3v) is 14.3. The molecule has 2 aliphatic rings. The molecule has 0 unspecified atom stereocenters. The number of H-pyrrole nitrogens is 2. The Kier molecular flexibility index (Phi) is 22.6. The van der Waals surface area contributed by atoms with E-state index < -0.39 is 0 Å². The molecule has 0 fully saturated rings. The highest BCUT2D eigenvalue weighted by atomic mass is 16.5. The van der Waals surface area contributed by atoms with E-state index in [-0.39, 0.29) is 5.97 Å². The number of methoxy groups -OCH3 is 1. The molecule has 4 aromatic rings. The molecule has 6 nitrogen and oxygen atoms in total. The molecule has 5 heterocycles. The second kappa shape index (κ2) is 29.2. The first-order valence-electron chi connectivity index (χ1n) is 27.4. The number of nitrogens with one attached hydrogen (secondary N) is 2. The third kappa shape index (κ3) is 15.9. The zero-order valence-electron chi connectivity index (χ0n) is 42.4. The Hall–Kier alpha value is -4.71. The standard InChI is InChI=1S/C61H86N4O2/c1-5-8-11-14-17-20-23-26-29-32-49-52-39-41-54(62-52)50(33-30-27-24-21-18-15-12-9-6-2)56-43-45-58(64-56)60(47-35-37-48(38-36-47)61(66)67-4)59-46-44-57(65-59)51(55-42-40-53(49)63-55)34-31-28-25-22-19-16-13-10-7-3/h35-46,64-65H,5-34H2,1-4H3. The minimum absolute atomic E-state index is 0.331. The van der Waals surface area contributed by atoms with E-state index in [0.29, 0.717) is 5.56 Å². The molecule has 67 heavy (non-hydrogen) atoms. The molecule has 0 amide bonds. The molecule has 6 rings (SSSR count). The highest BCUT2D eigenvalue weighted by molar-refractivity contribution is 5.96. The summed E-state index contributed by atoms with van der Waals surface area (Å²) in [6.45, 7) is 6.88. The van der Waals surface area contributed by atoms with Crippen LogP contribution >= 0.6 is 0 Å². The number of ether oxygens (including phenoxy) is 1. The number of unbranched alkanes of at least 4 members (excludes halogenated alkanes) is 24. The zero-order chi connectivity index (χ0) is 46.9. The molecule has 0 spiro atoms. The van der Waals surface area contributed by atoms with Crippen molar-refractivity contribution in [3.63, 3.8) is 0 Å². The lowest BCUT2D eigenvalue weighted by atomic mass is 10.0. The van der Waals surface area contributed by atoms with Crippen molar-refractivity contribution in [2.24, 2.45) is 0 Å². The number of rotatable bonds is 32. The van der Waals surface area contributed by atoms with Gasteiger partial charge in [-0.25, -0.2) is 14.8 Å². The van der Waals surface area contributed by atoms with Gasteiger partial charge < -0.3 is 14.7 Å². The van der Waals surface area contributed by atoms with Crippen molar-refractivity contribution in [1.29, 1.82) is 0 Å². The summed E-state index contributed by atoms with van der Waals surface area (Å²) in [5.74, 6) is -0.331. The average molecular weight is 907 g/mol. The first kappa shape index (κ1) is 51.7. The van der Waals surface area contributed by atoms with Crippen LogP contribution in [0.15, 0.2) is 48.5 Å². The van der Waals surface area contributed by atoms with Crippen molar-refractivity contribution in [1.82, 2.24) is 19.9 Å². The number of aromatic nitrogens is 4. The monoisotopic (exact) mass is 907 g/mol. The number of nitrogens with zero attached hydrogens (tertiary/aromatic N) is 2. The average Bonchev–Trinajstić information content (AvgIpc) is 4.21. The Bertz CT molecular complexity index is 2210. The number of esters is 1. The molecule has 0 aliphatic carbocycles. The van der Waals surface area contributed by atoms with E-state index in [1.807, 2.05) is 24.3 Å². The van der Waals surface area contributed by atoms with Crippen molar-refractivity contribution in [2.75, 3.05) is 7.11 Å². The number of aromatic amines is 2. The lowest BCUT2D eigenvalue weighted by Gasteiger charge is -2.07. The van der Waals surface area contributed by atoms with Crippen molar-refractivity contribution >= 4 is 52.3 Å². The molecular formula is C61H86N4O2. The summed E-state index contributed by atoms with van der Waals surface area (Å²) in [6, 6.07) is 16.8. The van der Waals surface area contributed by atoms with Crippen LogP contribution in [0, 0.1) is 0 Å². The number of aryl methyl sites for hydroxylation is 2. The van der Waals surface area contributed by atoms with Gasteiger partial charge in [-0.05, 0) is 105 Å². The number of hydrogen-bond donors (Lipinski definition) is 2. The van der Waals surface area contributed by atoms with Gasteiger partial charge in [-0.2, -0.15) is 0 Å². The predicted octanol–water partition coefficient (Wildman–Crippen LogP) is 18.3. The van der Waals surface area contributed by atoms with Crippen LogP contribution in [-0.4, -0.2) is 33.0 Å². The van der Waals surface area contributed by atoms with Gasteiger partial charge in [-0.15, -0.1) is 0 Å². The summed E-state index contributed by atoms with van der Waals surface area (Å²) in [7, 11) is 1.44. The van der Waals surface area contributed by atoms with Crippen LogP contribution in [0.4, 0.5) is 0 Å². The van der Waals surface area contributed by atoms with E-state index in [1.54, 1.807) is 0 Å². The molecule has 8 bridgehead atoms. The lowest BCUT2D eigenvalue weighted by molar-refractivity contribution is 0.0600. The summed E-state index contributed by atoms with van der Waals surface area (Å²) in [4.78, 5) is 31.4. The fourth-order valence-electron chi connectivity index (χ4n) is 10.2. The Labute approximate surface area is 405 Å². The maximum Gasteiger partial charge on any atom is 0.337 e. The first-order valence-corrected chi connectivity index (χ1v) is 27.4. The third-order valence-electron chi connectivity index (χ3n) is 14.3. The van der Waals surface area contributed by atoms with Crippen molar-refractivity contribution in [3.05, 3.63) is 93.6 Å². The molecule has 362 valence electrons. The smallest absolute Gasteiger partial charge is 0.337 e. The van der Waals surface area contributed by atoms with E-state index >= 15 is 0 Å². The van der Waals surface area contributed by atoms with Crippen molar-refractivity contribution in [2.45, 2.75) is 213 Å². The topological polar surface area (TPSA) is 83.7 Å². The van der Waals surface area contributed by atoms with Crippen LogP contribution in [0.2, 0.25) is 0 Å². The van der Waals surface area contributed by atoms with E-state index in [4.69, 9.17) is 14.7 Å². The molecule has 2 N–H and O–H groups in total. The van der Waals surface area contributed by atoms with Crippen LogP contribution in [0.1, 0.15) is 244 Å². The Balaban J connectivity index is 1.42. The summed E-state index contributed by atoms with van der Waals surface area (Å²) < 4.78 is 5.07. The van der Waals surface area contributed by atoms with Crippen LogP contribution in [0.25, 0.3) is 57.5 Å². The van der Waals surface area contributed by atoms with Gasteiger partial charge in [-0.3, -0.25) is 0 Å². The second-order valence-electron chi connectivity index (χ2n) is 19.6. The minimum atomic E-state index is -0.331. The second-order valence-corrected chi connectivity index (χ2v) is 19.6. The van der Waals surface area contributed by atoms with Crippen LogP contribution in [0.5, 0.6) is 0 Å². The number of carbonyl (C=O) groups is 1. The van der Waals surface area contributed by atoms with Gasteiger partial charge in [0.2, 0.25) is 0 Å². The van der Waals surface area contributed by atoms with Gasteiger partial charge in [0.25, 0.3) is 0 Å². The number of hydrogen-bond acceptors (Lipinski definition) is 4. The normalized spacial score (nSPS) is 12.1. The molecule has 3 aromatic heterocycles. The molecule has 0 radical (unpaired) electrons. The summed E-state index contributed by atoms with van der Waals surface area (Å²) in [5, 5.41) is 0. The maximum atomic E-state index is 12.5. The largest absolute Gasteiger partial charge is 0.465 e. The molecule has 2 aliphatic heterocycles. The van der Waals surface area contributed by atoms with Gasteiger partial charge in [0.05, 0.1) is 35.4 Å². The van der Waals surface area contributed by atoms with Gasteiger partial charge in [-0.1, -0.05) is 187 Å². The molecule has 0 saturated carbocycles.